The maximum Gasteiger partial charge on any atom is 0.249 e. The molecule has 0 fully saturated rings. The van der Waals surface area contributed by atoms with E-state index in [-0.39, 0.29) is 11.9 Å². The minimum atomic E-state index is -0.437. The molecule has 0 aliphatic heterocycles. The van der Waals surface area contributed by atoms with Crippen LogP contribution in [0.1, 0.15) is 49.9 Å². The number of rotatable bonds is 4. The average molecular weight is 343 g/mol. The van der Waals surface area contributed by atoms with Crippen LogP contribution in [-0.4, -0.2) is 35.2 Å². The Labute approximate surface area is 146 Å². The quantitative estimate of drug-likeness (QED) is 0.789. The third-order valence-electron chi connectivity index (χ3n) is 4.54. The summed E-state index contributed by atoms with van der Waals surface area (Å²) in [5, 5.41) is 16.4. The van der Waals surface area contributed by atoms with Gasteiger partial charge in [0.15, 0.2) is 0 Å². The summed E-state index contributed by atoms with van der Waals surface area (Å²) in [5.74, 6) is -0.118. The normalized spacial score (nSPS) is 13.0. The number of carbonyl (C=O) groups is 1. The molecule has 1 N–H and O–H groups in total. The minimum absolute atomic E-state index is 0.118. The number of amides is 1. The van der Waals surface area contributed by atoms with Gasteiger partial charge in [0.05, 0.1) is 29.0 Å². The molecule has 0 saturated heterocycles. The second kappa shape index (κ2) is 6.02. The van der Waals surface area contributed by atoms with Crippen LogP contribution in [0, 0.1) is 20.8 Å². The van der Waals surface area contributed by atoms with E-state index >= 15 is 0 Å². The van der Waals surface area contributed by atoms with Crippen molar-refractivity contribution in [1.29, 1.82) is 0 Å². The van der Waals surface area contributed by atoms with E-state index in [2.05, 4.69) is 34.5 Å². The Morgan fingerprint density at radius 2 is 1.76 bits per heavy atom. The predicted octanol–water partition coefficient (Wildman–Crippen LogP) is 2.67. The van der Waals surface area contributed by atoms with Crippen LogP contribution in [0.4, 0.5) is 5.69 Å². The SMILES string of the molecule is Cc1nn(C(C)C)c(C)c1NC(=O)C(C)n1cc2c(n1)c(C)nn2C. The summed E-state index contributed by atoms with van der Waals surface area (Å²) in [7, 11) is 1.87. The molecule has 25 heavy (non-hydrogen) atoms. The third kappa shape index (κ3) is 2.81. The first-order valence-corrected chi connectivity index (χ1v) is 8.45. The van der Waals surface area contributed by atoms with Crippen LogP contribution in [0.2, 0.25) is 0 Å². The summed E-state index contributed by atoms with van der Waals surface area (Å²) in [4.78, 5) is 12.7. The molecule has 0 aliphatic carbocycles. The number of hydrogen-bond acceptors (Lipinski definition) is 4. The Kier molecular flexibility index (Phi) is 4.14. The molecule has 0 aliphatic rings. The van der Waals surface area contributed by atoms with Crippen molar-refractivity contribution < 1.29 is 4.79 Å². The Balaban J connectivity index is 1.86. The Morgan fingerprint density at radius 3 is 2.32 bits per heavy atom. The molecule has 1 amide bonds. The van der Waals surface area contributed by atoms with Crippen molar-refractivity contribution in [3.05, 3.63) is 23.3 Å². The van der Waals surface area contributed by atoms with Gasteiger partial charge in [0, 0.05) is 13.1 Å². The van der Waals surface area contributed by atoms with E-state index in [4.69, 9.17) is 0 Å². The summed E-state index contributed by atoms with van der Waals surface area (Å²) in [6.07, 6.45) is 1.86. The predicted molar refractivity (Wildman–Crippen MR) is 96.7 cm³/mol. The molecule has 8 nitrogen and oxygen atoms in total. The number of fused-ring (bicyclic) bond motifs is 1. The second-order valence-electron chi connectivity index (χ2n) is 6.80. The van der Waals surface area contributed by atoms with Gasteiger partial charge in [-0.15, -0.1) is 0 Å². The average Bonchev–Trinajstić information content (AvgIpc) is 3.17. The summed E-state index contributed by atoms with van der Waals surface area (Å²) in [6.45, 7) is 11.8. The molecule has 8 heteroatoms. The lowest BCUT2D eigenvalue weighted by Crippen LogP contribution is -2.24. The molecule has 134 valence electrons. The fourth-order valence-corrected chi connectivity index (χ4v) is 3.10. The van der Waals surface area contributed by atoms with Crippen molar-refractivity contribution in [2.45, 2.75) is 53.6 Å². The second-order valence-corrected chi connectivity index (χ2v) is 6.80. The highest BCUT2D eigenvalue weighted by Crippen LogP contribution is 2.24. The highest BCUT2D eigenvalue weighted by Gasteiger charge is 2.22. The van der Waals surface area contributed by atoms with Gasteiger partial charge in [-0.3, -0.25) is 18.8 Å². The highest BCUT2D eigenvalue weighted by atomic mass is 16.2. The first-order chi connectivity index (χ1) is 11.7. The summed E-state index contributed by atoms with van der Waals surface area (Å²) < 4.78 is 5.39. The van der Waals surface area contributed by atoms with E-state index in [0.717, 1.165) is 33.8 Å². The molecule has 3 heterocycles. The fraction of sp³-hybridized carbons (Fsp3) is 0.529. The number of aryl methyl sites for hydroxylation is 3. The van der Waals surface area contributed by atoms with Crippen molar-refractivity contribution in [2.75, 3.05) is 5.32 Å². The molecule has 3 aromatic rings. The molecular weight excluding hydrogens is 318 g/mol. The number of nitrogens with zero attached hydrogens (tertiary/aromatic N) is 6. The molecule has 1 unspecified atom stereocenters. The molecule has 3 aromatic heterocycles. The lowest BCUT2D eigenvalue weighted by Gasteiger charge is -2.13. The smallest absolute Gasteiger partial charge is 0.249 e. The molecule has 0 radical (unpaired) electrons. The fourth-order valence-electron chi connectivity index (χ4n) is 3.10. The summed E-state index contributed by atoms with van der Waals surface area (Å²) >= 11 is 0. The molecule has 0 bridgehead atoms. The van der Waals surface area contributed by atoms with Gasteiger partial charge in [0.25, 0.3) is 0 Å². The largest absolute Gasteiger partial charge is 0.321 e. The third-order valence-corrected chi connectivity index (χ3v) is 4.54. The topological polar surface area (TPSA) is 82.6 Å². The van der Waals surface area contributed by atoms with Crippen molar-refractivity contribution in [3.8, 4) is 0 Å². The van der Waals surface area contributed by atoms with E-state index in [0.29, 0.717) is 0 Å². The lowest BCUT2D eigenvalue weighted by molar-refractivity contribution is -0.119. The number of nitrogens with one attached hydrogen (secondary N) is 1. The zero-order valence-corrected chi connectivity index (χ0v) is 15.8. The van der Waals surface area contributed by atoms with Gasteiger partial charge in [0.2, 0.25) is 5.91 Å². The standard InChI is InChI=1S/C17H25N7O/c1-9(2)24-12(5)15(10(3)20-24)18-17(25)13(6)23-8-14-16(21-23)11(4)19-22(14)7/h8-9,13H,1-7H3,(H,18,25). The number of anilines is 1. The van der Waals surface area contributed by atoms with Crippen LogP contribution in [0.25, 0.3) is 11.0 Å². The van der Waals surface area contributed by atoms with Crippen LogP contribution in [0.15, 0.2) is 6.20 Å². The zero-order valence-electron chi connectivity index (χ0n) is 15.8. The molecule has 1 atom stereocenters. The molecule has 0 aromatic carbocycles. The maximum atomic E-state index is 12.7. The van der Waals surface area contributed by atoms with Gasteiger partial charge in [-0.1, -0.05) is 0 Å². The first-order valence-electron chi connectivity index (χ1n) is 8.45. The van der Waals surface area contributed by atoms with Crippen LogP contribution in [0.3, 0.4) is 0 Å². The summed E-state index contributed by atoms with van der Waals surface area (Å²) in [5.41, 5.74) is 5.14. The van der Waals surface area contributed by atoms with E-state index < -0.39 is 6.04 Å². The van der Waals surface area contributed by atoms with Crippen molar-refractivity contribution in [1.82, 2.24) is 29.3 Å². The van der Waals surface area contributed by atoms with E-state index in [1.807, 2.05) is 45.6 Å². The molecular formula is C17H25N7O. The molecule has 0 saturated carbocycles. The Morgan fingerprint density at radius 1 is 1.08 bits per heavy atom. The molecule has 3 rings (SSSR count). The summed E-state index contributed by atoms with van der Waals surface area (Å²) in [6, 6.07) is -0.193. The van der Waals surface area contributed by atoms with Crippen LogP contribution >= 0.6 is 0 Å². The van der Waals surface area contributed by atoms with Gasteiger partial charge in [0.1, 0.15) is 17.1 Å². The Hall–Kier alpha value is -2.64. The van der Waals surface area contributed by atoms with E-state index in [1.165, 1.54) is 0 Å². The van der Waals surface area contributed by atoms with E-state index in [9.17, 15) is 4.79 Å². The van der Waals surface area contributed by atoms with E-state index in [1.54, 1.807) is 9.36 Å². The molecule has 0 spiro atoms. The van der Waals surface area contributed by atoms with Gasteiger partial charge in [-0.05, 0) is 41.5 Å². The van der Waals surface area contributed by atoms with Crippen molar-refractivity contribution in [2.24, 2.45) is 7.05 Å². The number of hydrogen-bond donors (Lipinski definition) is 1. The van der Waals surface area contributed by atoms with Crippen LogP contribution < -0.4 is 5.32 Å². The highest BCUT2D eigenvalue weighted by molar-refractivity contribution is 5.94. The first kappa shape index (κ1) is 17.2. The van der Waals surface area contributed by atoms with Gasteiger partial charge < -0.3 is 5.32 Å². The lowest BCUT2D eigenvalue weighted by atomic mass is 10.2. The monoisotopic (exact) mass is 343 g/mol. The zero-order chi connectivity index (χ0) is 18.5. The van der Waals surface area contributed by atoms with Gasteiger partial charge in [-0.2, -0.15) is 15.3 Å². The number of carbonyl (C=O) groups excluding carboxylic acids is 1. The number of aromatic nitrogens is 6. The maximum absolute atomic E-state index is 12.7. The van der Waals surface area contributed by atoms with Crippen molar-refractivity contribution in [3.63, 3.8) is 0 Å². The van der Waals surface area contributed by atoms with Crippen LogP contribution in [-0.2, 0) is 11.8 Å². The van der Waals surface area contributed by atoms with Crippen LogP contribution in [0.5, 0.6) is 0 Å². The Bertz CT molecular complexity index is 910. The van der Waals surface area contributed by atoms with Gasteiger partial charge >= 0.3 is 0 Å². The minimum Gasteiger partial charge on any atom is -0.321 e. The van der Waals surface area contributed by atoms with Crippen molar-refractivity contribution >= 4 is 22.6 Å². The van der Waals surface area contributed by atoms with Gasteiger partial charge in [-0.25, -0.2) is 0 Å².